The number of alkyl halides is 3. The minimum Gasteiger partial charge on any atom is -0.468 e. The molecule has 1 amide bonds. The monoisotopic (exact) mass is 565 g/mol. The summed E-state index contributed by atoms with van der Waals surface area (Å²) >= 11 is 0. The van der Waals surface area contributed by atoms with E-state index in [0.717, 1.165) is 5.56 Å². The predicted octanol–water partition coefficient (Wildman–Crippen LogP) is 3.25. The van der Waals surface area contributed by atoms with E-state index in [0.29, 0.717) is 36.6 Å². The number of nitrogens with one attached hydrogen (secondary N) is 2. The van der Waals surface area contributed by atoms with E-state index in [4.69, 9.17) is 0 Å². The third-order valence-electron chi connectivity index (χ3n) is 4.15. The third kappa shape index (κ3) is 9.71. The lowest BCUT2D eigenvalue weighted by Crippen LogP contribution is -2.37. The molecule has 1 heterocycles. The van der Waals surface area contributed by atoms with Gasteiger partial charge in [-0.15, -0.1) is 24.0 Å². The number of nitrogens with zero attached hydrogens (tertiary/aromatic N) is 3. The van der Waals surface area contributed by atoms with Gasteiger partial charge in [0.05, 0.1) is 0 Å². The van der Waals surface area contributed by atoms with Crippen LogP contribution < -0.4 is 15.4 Å². The molecule has 1 aromatic carbocycles. The highest BCUT2D eigenvalue weighted by atomic mass is 127. The van der Waals surface area contributed by atoms with Crippen molar-refractivity contribution in [2.45, 2.75) is 19.1 Å². The molecule has 0 aliphatic heterocycles. The first kappa shape index (κ1) is 27.5. The second-order valence-electron chi connectivity index (χ2n) is 6.91. The molecule has 0 aliphatic rings. The number of carbonyl (C=O) groups is 1. The summed E-state index contributed by atoms with van der Waals surface area (Å²) in [5.41, 5.74) is 2.34. The number of aromatic nitrogens is 1. The van der Waals surface area contributed by atoms with E-state index in [1.54, 1.807) is 33.3 Å². The maximum atomic E-state index is 12.3. The standard InChI is InChI=1S/C21H26F3N5O2.HI/c1-25-20(27-10-7-15-5-4-6-17(11-15)19(30)29(2)3)28-13-16-8-9-26-18(12-16)31-14-21(22,23)24;/h4-6,8-9,11-12H,7,10,13-14H2,1-3H3,(H2,25,27,28);1H. The summed E-state index contributed by atoms with van der Waals surface area (Å²) < 4.78 is 41.5. The van der Waals surface area contributed by atoms with E-state index < -0.39 is 12.8 Å². The highest BCUT2D eigenvalue weighted by molar-refractivity contribution is 14.0. The molecule has 2 aromatic rings. The van der Waals surface area contributed by atoms with Crippen LogP contribution >= 0.6 is 24.0 Å². The molecule has 2 rings (SSSR count). The van der Waals surface area contributed by atoms with Crippen LogP contribution in [0.4, 0.5) is 13.2 Å². The molecule has 7 nitrogen and oxygen atoms in total. The molecule has 32 heavy (non-hydrogen) atoms. The van der Waals surface area contributed by atoms with Crippen molar-refractivity contribution < 1.29 is 22.7 Å². The van der Waals surface area contributed by atoms with Crippen LogP contribution in [0, 0.1) is 0 Å². The lowest BCUT2D eigenvalue weighted by molar-refractivity contribution is -0.154. The maximum Gasteiger partial charge on any atom is 0.422 e. The van der Waals surface area contributed by atoms with E-state index in [9.17, 15) is 18.0 Å². The van der Waals surface area contributed by atoms with Crippen molar-refractivity contribution in [2.75, 3.05) is 34.3 Å². The summed E-state index contributed by atoms with van der Waals surface area (Å²) in [7, 11) is 5.04. The Labute approximate surface area is 202 Å². The van der Waals surface area contributed by atoms with Crippen molar-refractivity contribution in [1.29, 1.82) is 0 Å². The number of aliphatic imine (C=N–C) groups is 1. The van der Waals surface area contributed by atoms with E-state index in [1.807, 2.05) is 18.2 Å². The molecule has 1 aromatic heterocycles. The normalized spacial score (nSPS) is 11.4. The first-order valence-electron chi connectivity index (χ1n) is 9.57. The first-order valence-corrected chi connectivity index (χ1v) is 9.57. The Kier molecular flexibility index (Phi) is 11.2. The first-order chi connectivity index (χ1) is 14.7. The van der Waals surface area contributed by atoms with Crippen LogP contribution in [0.15, 0.2) is 47.6 Å². The summed E-state index contributed by atoms with van der Waals surface area (Å²) in [6, 6.07) is 10.6. The average molecular weight is 565 g/mol. The van der Waals surface area contributed by atoms with Gasteiger partial charge in [-0.3, -0.25) is 9.79 Å². The molecule has 0 fully saturated rings. The van der Waals surface area contributed by atoms with Crippen molar-refractivity contribution in [3.05, 3.63) is 59.3 Å². The summed E-state index contributed by atoms with van der Waals surface area (Å²) in [5.74, 6) is 0.394. The zero-order valence-corrected chi connectivity index (χ0v) is 20.4. The lowest BCUT2D eigenvalue weighted by atomic mass is 10.1. The van der Waals surface area contributed by atoms with Crippen molar-refractivity contribution in [2.24, 2.45) is 4.99 Å². The summed E-state index contributed by atoms with van der Waals surface area (Å²) in [6.07, 6.45) is -2.35. The summed E-state index contributed by atoms with van der Waals surface area (Å²) in [6.45, 7) is -0.478. The van der Waals surface area contributed by atoms with Gasteiger partial charge in [-0.25, -0.2) is 4.98 Å². The minimum atomic E-state index is -4.42. The molecule has 0 radical (unpaired) electrons. The highest BCUT2D eigenvalue weighted by Crippen LogP contribution is 2.17. The van der Waals surface area contributed by atoms with E-state index in [2.05, 4.69) is 25.3 Å². The van der Waals surface area contributed by atoms with Gasteiger partial charge >= 0.3 is 6.18 Å². The van der Waals surface area contributed by atoms with Gasteiger partial charge in [0.25, 0.3) is 5.91 Å². The van der Waals surface area contributed by atoms with Gasteiger partial charge in [0.1, 0.15) is 0 Å². The van der Waals surface area contributed by atoms with Gasteiger partial charge < -0.3 is 20.3 Å². The number of guanidine groups is 1. The Hall–Kier alpha value is -2.57. The number of carbonyl (C=O) groups excluding carboxylic acids is 1. The van der Waals surface area contributed by atoms with Gasteiger partial charge in [-0.05, 0) is 35.7 Å². The number of halogens is 4. The number of hydrogen-bond acceptors (Lipinski definition) is 4. The Morgan fingerprint density at radius 1 is 1.16 bits per heavy atom. The number of pyridine rings is 1. The van der Waals surface area contributed by atoms with Gasteiger partial charge in [-0.2, -0.15) is 13.2 Å². The Morgan fingerprint density at radius 3 is 2.56 bits per heavy atom. The second-order valence-corrected chi connectivity index (χ2v) is 6.91. The van der Waals surface area contributed by atoms with Crippen LogP contribution in [-0.2, 0) is 13.0 Å². The average Bonchev–Trinajstić information content (AvgIpc) is 2.74. The molecular weight excluding hydrogens is 538 g/mol. The smallest absolute Gasteiger partial charge is 0.422 e. The number of rotatable bonds is 8. The molecule has 0 unspecified atom stereocenters. The van der Waals surface area contributed by atoms with E-state index in [-0.39, 0.29) is 35.8 Å². The fourth-order valence-corrected chi connectivity index (χ4v) is 2.64. The molecule has 0 atom stereocenters. The molecule has 176 valence electrons. The van der Waals surface area contributed by atoms with Crippen molar-refractivity contribution in [1.82, 2.24) is 20.5 Å². The fourth-order valence-electron chi connectivity index (χ4n) is 2.64. The topological polar surface area (TPSA) is 78.9 Å². The Bertz CT molecular complexity index is 907. The van der Waals surface area contributed by atoms with Gasteiger partial charge in [0.2, 0.25) is 5.88 Å². The zero-order valence-electron chi connectivity index (χ0n) is 18.1. The van der Waals surface area contributed by atoms with Crippen LogP contribution in [0.2, 0.25) is 0 Å². The van der Waals surface area contributed by atoms with Crippen molar-refractivity contribution in [3.8, 4) is 5.88 Å². The largest absolute Gasteiger partial charge is 0.468 e. The van der Waals surface area contributed by atoms with Crippen LogP contribution in [0.25, 0.3) is 0 Å². The van der Waals surface area contributed by atoms with Crippen LogP contribution in [-0.4, -0.2) is 62.2 Å². The Morgan fingerprint density at radius 2 is 1.91 bits per heavy atom. The molecule has 0 saturated heterocycles. The molecule has 11 heteroatoms. The molecule has 0 bridgehead atoms. The van der Waals surface area contributed by atoms with Gasteiger partial charge in [-0.1, -0.05) is 12.1 Å². The van der Waals surface area contributed by atoms with Crippen LogP contribution in [0.5, 0.6) is 5.88 Å². The zero-order chi connectivity index (χ0) is 22.9. The SMILES string of the molecule is CN=C(NCCc1cccc(C(=O)N(C)C)c1)NCc1ccnc(OCC(F)(F)F)c1.I. The van der Waals surface area contributed by atoms with E-state index >= 15 is 0 Å². The van der Waals surface area contributed by atoms with Gasteiger partial charge in [0.15, 0.2) is 12.6 Å². The molecular formula is C21H27F3IN5O2. The maximum absolute atomic E-state index is 12.3. The van der Waals surface area contributed by atoms with Crippen LogP contribution in [0.1, 0.15) is 21.5 Å². The highest BCUT2D eigenvalue weighted by Gasteiger charge is 2.28. The lowest BCUT2D eigenvalue weighted by Gasteiger charge is -2.14. The summed E-state index contributed by atoms with van der Waals surface area (Å²) in [5, 5.41) is 6.26. The van der Waals surface area contributed by atoms with Crippen molar-refractivity contribution >= 4 is 35.8 Å². The third-order valence-corrected chi connectivity index (χ3v) is 4.15. The number of hydrogen-bond donors (Lipinski definition) is 2. The molecule has 0 aliphatic carbocycles. The van der Waals surface area contributed by atoms with Gasteiger partial charge in [0, 0.05) is 52.1 Å². The number of benzene rings is 1. The van der Waals surface area contributed by atoms with Crippen molar-refractivity contribution in [3.63, 3.8) is 0 Å². The van der Waals surface area contributed by atoms with E-state index in [1.165, 1.54) is 17.2 Å². The molecule has 0 saturated carbocycles. The quantitative estimate of drug-likeness (QED) is 0.292. The summed E-state index contributed by atoms with van der Waals surface area (Å²) in [4.78, 5) is 21.5. The fraction of sp³-hybridized carbons (Fsp3) is 0.381. The Balaban J connectivity index is 0.00000512. The minimum absolute atomic E-state index is 0. The predicted molar refractivity (Wildman–Crippen MR) is 128 cm³/mol. The second kappa shape index (κ2) is 13.1. The van der Waals surface area contributed by atoms with Crippen LogP contribution in [0.3, 0.4) is 0 Å². The molecule has 0 spiro atoms. The molecule has 2 N–H and O–H groups in total. The number of ether oxygens (including phenoxy) is 1. The number of amides is 1.